The number of carbonyl (C=O) groups excluding carboxylic acids is 2. The number of hydrogen-bond donors (Lipinski definition) is 1. The Morgan fingerprint density at radius 1 is 1.35 bits per heavy atom. The molecule has 1 N–H and O–H groups in total. The molecule has 1 amide bonds. The minimum atomic E-state index is -0.623. The molecule has 0 saturated carbocycles. The number of ketones is 1. The molecular weight excluding hydrogens is 280 g/mol. The normalized spacial score (nSPS) is 13.3. The van der Waals surface area contributed by atoms with E-state index in [0.29, 0.717) is 22.8 Å². The summed E-state index contributed by atoms with van der Waals surface area (Å²) in [5.74, 6) is -0.381. The van der Waals surface area contributed by atoms with Crippen LogP contribution in [-0.2, 0) is 11.3 Å². The second-order valence-corrected chi connectivity index (χ2v) is 4.98. The molecule has 0 spiro atoms. The van der Waals surface area contributed by atoms with Crippen LogP contribution in [0.4, 0.5) is 11.4 Å². The maximum Gasteiger partial charge on any atom is 0.296 e. The first-order valence-corrected chi connectivity index (χ1v) is 6.37. The summed E-state index contributed by atoms with van der Waals surface area (Å²) in [7, 11) is 1.86. The third-order valence-electron chi connectivity index (χ3n) is 3.17. The molecule has 1 aromatic carbocycles. The lowest BCUT2D eigenvalue weighted by atomic mass is 10.1. The summed E-state index contributed by atoms with van der Waals surface area (Å²) in [5, 5.41) is 2.95. The molecule has 5 nitrogen and oxygen atoms in total. The molecule has 0 atom stereocenters. The van der Waals surface area contributed by atoms with Gasteiger partial charge in [0.25, 0.3) is 11.7 Å². The monoisotopic (exact) mass is 290 g/mol. The third-order valence-corrected chi connectivity index (χ3v) is 3.47. The first-order valence-electron chi connectivity index (χ1n) is 5.99. The Morgan fingerprint density at radius 3 is 2.85 bits per heavy atom. The quantitative estimate of drug-likeness (QED) is 0.883. The van der Waals surface area contributed by atoms with Crippen molar-refractivity contribution >= 4 is 34.7 Å². The molecule has 2 heterocycles. The van der Waals surface area contributed by atoms with Crippen molar-refractivity contribution in [3.8, 4) is 0 Å². The largest absolute Gasteiger partial charge is 0.467 e. The maximum atomic E-state index is 11.6. The van der Waals surface area contributed by atoms with Gasteiger partial charge in [0.05, 0.1) is 34.8 Å². The Balaban J connectivity index is 1.93. The van der Waals surface area contributed by atoms with Crippen LogP contribution in [0.15, 0.2) is 34.9 Å². The van der Waals surface area contributed by atoms with Crippen molar-refractivity contribution in [1.29, 1.82) is 0 Å². The van der Waals surface area contributed by atoms with Gasteiger partial charge >= 0.3 is 0 Å². The predicted octanol–water partition coefficient (Wildman–Crippen LogP) is 2.70. The van der Waals surface area contributed by atoms with Crippen molar-refractivity contribution in [3.63, 3.8) is 0 Å². The van der Waals surface area contributed by atoms with E-state index in [1.165, 1.54) is 6.07 Å². The Kier molecular flexibility index (Phi) is 2.99. The first kappa shape index (κ1) is 12.7. The zero-order valence-corrected chi connectivity index (χ0v) is 11.4. The Morgan fingerprint density at radius 2 is 2.15 bits per heavy atom. The molecule has 0 fully saturated rings. The molecule has 20 heavy (non-hydrogen) atoms. The van der Waals surface area contributed by atoms with E-state index in [1.54, 1.807) is 12.3 Å². The first-order chi connectivity index (χ1) is 9.56. The molecule has 0 bridgehead atoms. The number of benzene rings is 1. The van der Waals surface area contributed by atoms with E-state index in [0.717, 1.165) is 11.4 Å². The van der Waals surface area contributed by atoms with Crippen LogP contribution in [-0.4, -0.2) is 18.7 Å². The summed E-state index contributed by atoms with van der Waals surface area (Å²) in [5.41, 5.74) is 1.53. The highest BCUT2D eigenvalue weighted by Crippen LogP contribution is 2.35. The zero-order valence-electron chi connectivity index (χ0n) is 10.6. The summed E-state index contributed by atoms with van der Waals surface area (Å²) in [6, 6.07) is 6.89. The number of Topliss-reactive ketones (excluding diaryl/α,β-unsaturated/α-hetero) is 1. The summed E-state index contributed by atoms with van der Waals surface area (Å²) in [6.07, 6.45) is 1.60. The van der Waals surface area contributed by atoms with E-state index in [2.05, 4.69) is 5.32 Å². The van der Waals surface area contributed by atoms with Crippen molar-refractivity contribution < 1.29 is 14.0 Å². The van der Waals surface area contributed by atoms with Crippen molar-refractivity contribution in [2.45, 2.75) is 6.54 Å². The number of fused-ring (bicyclic) bond motifs is 1. The van der Waals surface area contributed by atoms with Gasteiger partial charge in [0, 0.05) is 7.05 Å². The number of furan rings is 1. The van der Waals surface area contributed by atoms with Crippen LogP contribution in [0.3, 0.4) is 0 Å². The van der Waals surface area contributed by atoms with Crippen molar-refractivity contribution in [3.05, 3.63) is 46.9 Å². The predicted molar refractivity (Wildman–Crippen MR) is 75.2 cm³/mol. The van der Waals surface area contributed by atoms with Crippen LogP contribution in [0.25, 0.3) is 0 Å². The van der Waals surface area contributed by atoms with Crippen LogP contribution in [0.2, 0.25) is 5.02 Å². The number of nitrogens with zero attached hydrogens (tertiary/aromatic N) is 1. The smallest absolute Gasteiger partial charge is 0.296 e. The zero-order chi connectivity index (χ0) is 14.3. The van der Waals surface area contributed by atoms with Gasteiger partial charge in [0.1, 0.15) is 5.76 Å². The van der Waals surface area contributed by atoms with Crippen LogP contribution in [0.1, 0.15) is 16.1 Å². The van der Waals surface area contributed by atoms with Gasteiger partial charge in [-0.05, 0) is 24.3 Å². The molecule has 0 unspecified atom stereocenters. The minimum absolute atomic E-state index is 0.315. The fraction of sp³-hybridized carbons (Fsp3) is 0.143. The highest BCUT2D eigenvalue weighted by atomic mass is 35.5. The lowest BCUT2D eigenvalue weighted by molar-refractivity contribution is -0.112. The third kappa shape index (κ3) is 2.06. The van der Waals surface area contributed by atoms with E-state index in [9.17, 15) is 9.59 Å². The van der Waals surface area contributed by atoms with Crippen LogP contribution in [0.5, 0.6) is 0 Å². The Hall–Kier alpha value is -2.27. The van der Waals surface area contributed by atoms with E-state index in [-0.39, 0.29) is 0 Å². The van der Waals surface area contributed by atoms with Crippen molar-refractivity contribution in [1.82, 2.24) is 0 Å². The molecule has 1 aliphatic heterocycles. The summed E-state index contributed by atoms with van der Waals surface area (Å²) in [6.45, 7) is 0.535. The van der Waals surface area contributed by atoms with Gasteiger partial charge in [-0.2, -0.15) is 0 Å². The van der Waals surface area contributed by atoms with Crippen molar-refractivity contribution in [2.75, 3.05) is 17.3 Å². The standard InChI is InChI=1S/C14H11ClN2O3/c1-17(7-8-3-2-4-20-8)12-6-11-9(5-10(12)15)13(18)14(19)16-11/h2-6H,7H2,1H3,(H,16,18,19). The molecule has 2 aromatic rings. The van der Waals surface area contributed by atoms with Crippen molar-refractivity contribution in [2.24, 2.45) is 0 Å². The van der Waals surface area contributed by atoms with E-state index in [1.807, 2.05) is 24.1 Å². The fourth-order valence-electron chi connectivity index (χ4n) is 2.17. The van der Waals surface area contributed by atoms with Gasteiger partial charge in [-0.15, -0.1) is 0 Å². The number of amides is 1. The molecular formula is C14H11ClN2O3. The molecule has 0 saturated heterocycles. The summed E-state index contributed by atoms with van der Waals surface area (Å²) >= 11 is 6.19. The SMILES string of the molecule is CN(Cc1ccco1)c1cc2c(cc1Cl)C(=O)C(=O)N2. The number of carbonyl (C=O) groups is 2. The molecule has 1 aliphatic rings. The lowest BCUT2D eigenvalue weighted by Gasteiger charge is -2.20. The number of hydrogen-bond acceptors (Lipinski definition) is 4. The van der Waals surface area contributed by atoms with Gasteiger partial charge in [-0.3, -0.25) is 9.59 Å². The average Bonchev–Trinajstić information content (AvgIpc) is 3.00. The van der Waals surface area contributed by atoms with Crippen LogP contribution < -0.4 is 10.2 Å². The second-order valence-electron chi connectivity index (χ2n) is 4.57. The molecule has 1 aromatic heterocycles. The molecule has 6 heteroatoms. The van der Waals surface area contributed by atoms with Gasteiger partial charge in [0.15, 0.2) is 0 Å². The van der Waals surface area contributed by atoms with Gasteiger partial charge in [-0.1, -0.05) is 11.6 Å². The Labute approximate surface area is 120 Å². The second kappa shape index (κ2) is 4.68. The summed E-state index contributed by atoms with van der Waals surface area (Å²) in [4.78, 5) is 24.8. The van der Waals surface area contributed by atoms with E-state index < -0.39 is 11.7 Å². The van der Waals surface area contributed by atoms with Gasteiger partial charge < -0.3 is 14.6 Å². The molecule has 102 valence electrons. The van der Waals surface area contributed by atoms with Gasteiger partial charge in [-0.25, -0.2) is 0 Å². The number of anilines is 2. The molecule has 3 rings (SSSR count). The highest BCUT2D eigenvalue weighted by Gasteiger charge is 2.29. The van der Waals surface area contributed by atoms with Gasteiger partial charge in [0.2, 0.25) is 0 Å². The molecule has 0 aliphatic carbocycles. The highest BCUT2D eigenvalue weighted by molar-refractivity contribution is 6.52. The van der Waals surface area contributed by atoms with Crippen LogP contribution in [0, 0.1) is 0 Å². The lowest BCUT2D eigenvalue weighted by Crippen LogP contribution is -2.16. The summed E-state index contributed by atoms with van der Waals surface area (Å²) < 4.78 is 5.28. The maximum absolute atomic E-state index is 11.6. The fourth-order valence-corrected chi connectivity index (χ4v) is 2.48. The average molecular weight is 291 g/mol. The number of halogens is 1. The van der Waals surface area contributed by atoms with Crippen LogP contribution >= 0.6 is 11.6 Å². The number of rotatable bonds is 3. The minimum Gasteiger partial charge on any atom is -0.467 e. The topological polar surface area (TPSA) is 62.6 Å². The van der Waals surface area contributed by atoms with E-state index >= 15 is 0 Å². The number of nitrogens with one attached hydrogen (secondary N) is 1. The Bertz CT molecular complexity index is 695. The molecule has 0 radical (unpaired) electrons. The van der Waals surface area contributed by atoms with E-state index in [4.69, 9.17) is 16.0 Å².